The molecular formula is C12H17NO. The molecule has 0 aliphatic rings. The van der Waals surface area contributed by atoms with Crippen LogP contribution in [0, 0.1) is 0 Å². The van der Waals surface area contributed by atoms with E-state index in [1.54, 1.807) is 0 Å². The van der Waals surface area contributed by atoms with Crippen molar-refractivity contribution in [2.24, 2.45) is 0 Å². The fraction of sp³-hybridized carbons (Fsp3) is 0.333. The lowest BCUT2D eigenvalue weighted by Gasteiger charge is -2.12. The molecule has 0 unspecified atom stereocenters. The van der Waals surface area contributed by atoms with Gasteiger partial charge in [-0.05, 0) is 6.92 Å². The standard InChI is InChI=1S/C12H17NO/c1-4-14-12(10-13(2)3)11-8-6-5-7-9-11/h5-10H,4H2,1-3H3/b12-10-. The molecule has 0 aliphatic carbocycles. The molecule has 0 heterocycles. The highest BCUT2D eigenvalue weighted by molar-refractivity contribution is 5.59. The number of hydrogen-bond donors (Lipinski definition) is 0. The molecule has 0 saturated carbocycles. The third-order valence-corrected chi connectivity index (χ3v) is 1.73. The molecule has 0 spiro atoms. The van der Waals surface area contributed by atoms with Crippen molar-refractivity contribution >= 4 is 5.76 Å². The van der Waals surface area contributed by atoms with Crippen LogP contribution in [0.5, 0.6) is 0 Å². The van der Waals surface area contributed by atoms with Crippen molar-refractivity contribution in [2.75, 3.05) is 20.7 Å². The summed E-state index contributed by atoms with van der Waals surface area (Å²) in [6.07, 6.45) is 1.98. The molecule has 76 valence electrons. The number of nitrogens with zero attached hydrogens (tertiary/aromatic N) is 1. The van der Waals surface area contributed by atoms with Crippen molar-refractivity contribution in [3.8, 4) is 0 Å². The van der Waals surface area contributed by atoms with Crippen molar-refractivity contribution in [1.82, 2.24) is 4.90 Å². The lowest BCUT2D eigenvalue weighted by molar-refractivity contribution is 0.292. The summed E-state index contributed by atoms with van der Waals surface area (Å²) in [6.45, 7) is 2.68. The summed E-state index contributed by atoms with van der Waals surface area (Å²) in [5.41, 5.74) is 1.11. The van der Waals surface area contributed by atoms with Gasteiger partial charge in [0.05, 0.1) is 6.61 Å². The van der Waals surface area contributed by atoms with Crippen LogP contribution < -0.4 is 0 Å². The number of rotatable bonds is 4. The lowest BCUT2D eigenvalue weighted by atomic mass is 10.2. The minimum Gasteiger partial charge on any atom is -0.492 e. The summed E-state index contributed by atoms with van der Waals surface area (Å²) in [4.78, 5) is 1.98. The van der Waals surface area contributed by atoms with Gasteiger partial charge in [-0.1, -0.05) is 30.3 Å². The van der Waals surface area contributed by atoms with Crippen LogP contribution in [0.3, 0.4) is 0 Å². The molecule has 14 heavy (non-hydrogen) atoms. The zero-order valence-corrected chi connectivity index (χ0v) is 9.03. The van der Waals surface area contributed by atoms with Crippen LogP contribution in [0.1, 0.15) is 12.5 Å². The van der Waals surface area contributed by atoms with Gasteiger partial charge in [-0.15, -0.1) is 0 Å². The SMILES string of the molecule is CCO/C(=C\N(C)C)c1ccccc1. The summed E-state index contributed by atoms with van der Waals surface area (Å²) in [5, 5.41) is 0. The van der Waals surface area contributed by atoms with E-state index < -0.39 is 0 Å². The van der Waals surface area contributed by atoms with Crippen LogP contribution >= 0.6 is 0 Å². The molecule has 0 radical (unpaired) electrons. The fourth-order valence-electron chi connectivity index (χ4n) is 1.19. The molecule has 0 bridgehead atoms. The Morgan fingerprint density at radius 3 is 2.43 bits per heavy atom. The number of benzene rings is 1. The van der Waals surface area contributed by atoms with Gasteiger partial charge >= 0.3 is 0 Å². The Labute approximate surface area is 85.8 Å². The second kappa shape index (κ2) is 5.32. The molecule has 2 heteroatoms. The van der Waals surface area contributed by atoms with Crippen molar-refractivity contribution < 1.29 is 4.74 Å². The maximum atomic E-state index is 5.56. The van der Waals surface area contributed by atoms with Crippen molar-refractivity contribution in [3.05, 3.63) is 42.1 Å². The average Bonchev–Trinajstić information content (AvgIpc) is 2.18. The van der Waals surface area contributed by atoms with Gasteiger partial charge in [-0.3, -0.25) is 0 Å². The van der Waals surface area contributed by atoms with E-state index in [0.717, 1.165) is 11.3 Å². The first kappa shape index (κ1) is 10.6. The van der Waals surface area contributed by atoms with Crippen molar-refractivity contribution in [1.29, 1.82) is 0 Å². The van der Waals surface area contributed by atoms with Gasteiger partial charge < -0.3 is 9.64 Å². The van der Waals surface area contributed by atoms with Crippen molar-refractivity contribution in [3.63, 3.8) is 0 Å². The first-order chi connectivity index (χ1) is 6.74. The third kappa shape index (κ3) is 3.13. The van der Waals surface area contributed by atoms with Crippen LogP contribution in [-0.2, 0) is 4.74 Å². The molecule has 0 saturated heterocycles. The zero-order valence-electron chi connectivity index (χ0n) is 9.03. The maximum absolute atomic E-state index is 5.56. The van der Waals surface area contributed by atoms with Gasteiger partial charge in [0.25, 0.3) is 0 Å². The van der Waals surface area contributed by atoms with E-state index in [9.17, 15) is 0 Å². The topological polar surface area (TPSA) is 12.5 Å². The molecular weight excluding hydrogens is 174 g/mol. The van der Waals surface area contributed by atoms with Crippen LogP contribution in [0.2, 0.25) is 0 Å². The molecule has 0 amide bonds. The minimum atomic E-state index is 0.689. The van der Waals surface area contributed by atoms with E-state index in [-0.39, 0.29) is 0 Å². The summed E-state index contributed by atoms with van der Waals surface area (Å²) in [7, 11) is 3.98. The van der Waals surface area contributed by atoms with Gasteiger partial charge in [0.1, 0.15) is 5.76 Å². The minimum absolute atomic E-state index is 0.689. The van der Waals surface area contributed by atoms with Gasteiger partial charge in [0.15, 0.2) is 0 Å². The highest BCUT2D eigenvalue weighted by atomic mass is 16.5. The molecule has 1 rings (SSSR count). The molecule has 0 atom stereocenters. The largest absolute Gasteiger partial charge is 0.492 e. The van der Waals surface area contributed by atoms with E-state index in [4.69, 9.17) is 4.74 Å². The predicted octanol–water partition coefficient (Wildman–Crippen LogP) is 2.58. The Balaban J connectivity index is 2.89. The molecule has 0 aliphatic heterocycles. The van der Waals surface area contributed by atoms with E-state index in [1.165, 1.54) is 0 Å². The molecule has 0 N–H and O–H groups in total. The Morgan fingerprint density at radius 2 is 1.93 bits per heavy atom. The first-order valence-corrected chi connectivity index (χ1v) is 4.80. The van der Waals surface area contributed by atoms with E-state index in [2.05, 4.69) is 0 Å². The summed E-state index contributed by atoms with van der Waals surface area (Å²) >= 11 is 0. The Hall–Kier alpha value is -1.44. The Bertz CT molecular complexity index is 290. The third-order valence-electron chi connectivity index (χ3n) is 1.73. The highest BCUT2D eigenvalue weighted by Crippen LogP contribution is 2.15. The fourth-order valence-corrected chi connectivity index (χ4v) is 1.19. The van der Waals surface area contributed by atoms with Gasteiger partial charge in [0.2, 0.25) is 0 Å². The van der Waals surface area contributed by atoms with Crippen LogP contribution in [0.15, 0.2) is 36.5 Å². The molecule has 0 aromatic heterocycles. The monoisotopic (exact) mass is 191 g/mol. The van der Waals surface area contributed by atoms with Gasteiger partial charge in [-0.25, -0.2) is 0 Å². The Kier molecular flexibility index (Phi) is 4.05. The second-order valence-electron chi connectivity index (χ2n) is 3.26. The summed E-state index contributed by atoms with van der Waals surface area (Å²) in [6, 6.07) is 10.1. The number of hydrogen-bond acceptors (Lipinski definition) is 2. The molecule has 0 fully saturated rings. The van der Waals surface area contributed by atoms with Crippen LogP contribution in [0.4, 0.5) is 0 Å². The van der Waals surface area contributed by atoms with Gasteiger partial charge in [-0.2, -0.15) is 0 Å². The highest BCUT2D eigenvalue weighted by Gasteiger charge is 2.00. The predicted molar refractivity (Wildman–Crippen MR) is 59.7 cm³/mol. The molecule has 1 aromatic carbocycles. The molecule has 2 nitrogen and oxygen atoms in total. The Morgan fingerprint density at radius 1 is 1.29 bits per heavy atom. The van der Waals surface area contributed by atoms with E-state index >= 15 is 0 Å². The van der Waals surface area contributed by atoms with Crippen molar-refractivity contribution in [2.45, 2.75) is 6.92 Å². The summed E-state index contributed by atoms with van der Waals surface area (Å²) < 4.78 is 5.56. The lowest BCUT2D eigenvalue weighted by Crippen LogP contribution is -2.04. The second-order valence-corrected chi connectivity index (χ2v) is 3.26. The van der Waals surface area contributed by atoms with Crippen LogP contribution in [-0.4, -0.2) is 25.6 Å². The smallest absolute Gasteiger partial charge is 0.142 e. The molecule has 1 aromatic rings. The number of ether oxygens (including phenoxy) is 1. The maximum Gasteiger partial charge on any atom is 0.142 e. The first-order valence-electron chi connectivity index (χ1n) is 4.80. The van der Waals surface area contributed by atoms with E-state index in [1.807, 2.05) is 62.5 Å². The van der Waals surface area contributed by atoms with E-state index in [0.29, 0.717) is 6.61 Å². The normalized spacial score (nSPS) is 11.2. The van der Waals surface area contributed by atoms with Crippen LogP contribution in [0.25, 0.3) is 5.76 Å². The zero-order chi connectivity index (χ0) is 10.4. The quantitative estimate of drug-likeness (QED) is 0.678. The average molecular weight is 191 g/mol. The summed E-state index contributed by atoms with van der Waals surface area (Å²) in [5.74, 6) is 0.915. The van der Waals surface area contributed by atoms with Gasteiger partial charge in [0, 0.05) is 25.9 Å².